The second-order valence-electron chi connectivity index (χ2n) is 11.7. The lowest BCUT2D eigenvalue weighted by atomic mass is 9.72. The molecule has 0 saturated heterocycles. The number of anilines is 1. The van der Waals surface area contributed by atoms with Gasteiger partial charge in [-0.25, -0.2) is 0 Å². The molecule has 4 aromatic rings. The summed E-state index contributed by atoms with van der Waals surface area (Å²) in [4.78, 5) is 2.49. The van der Waals surface area contributed by atoms with Gasteiger partial charge in [-0.1, -0.05) is 122 Å². The molecule has 1 atom stereocenters. The zero-order chi connectivity index (χ0) is 29.4. The minimum Gasteiger partial charge on any atom is -0.343 e. The molecule has 0 aliphatic carbocycles. The van der Waals surface area contributed by atoms with Gasteiger partial charge in [0.1, 0.15) is 0 Å². The van der Waals surface area contributed by atoms with Crippen molar-refractivity contribution in [2.75, 3.05) is 11.4 Å². The first-order valence-corrected chi connectivity index (χ1v) is 16.1. The van der Waals surface area contributed by atoms with Gasteiger partial charge in [-0.2, -0.15) is 0 Å². The molecule has 0 fully saturated rings. The Hall–Kier alpha value is -2.88. The molecule has 0 spiro atoms. The van der Waals surface area contributed by atoms with Crippen molar-refractivity contribution in [2.24, 2.45) is 0 Å². The number of allylic oxidation sites excluding steroid dienone is 5. The maximum Gasteiger partial charge on any atom is 0.0596 e. The van der Waals surface area contributed by atoms with Crippen molar-refractivity contribution in [2.45, 2.75) is 58.3 Å². The molecule has 0 radical (unpaired) electrons. The first-order valence-electron chi connectivity index (χ1n) is 14.5. The minimum atomic E-state index is -0.219. The summed E-state index contributed by atoms with van der Waals surface area (Å²) < 4.78 is 2.22. The van der Waals surface area contributed by atoms with Crippen molar-refractivity contribution in [1.29, 1.82) is 0 Å². The lowest BCUT2D eigenvalue weighted by Crippen LogP contribution is -2.33. The van der Waals surface area contributed by atoms with E-state index in [1.54, 1.807) is 0 Å². The van der Waals surface area contributed by atoms with Gasteiger partial charge in [0.2, 0.25) is 0 Å². The molecule has 210 valence electrons. The predicted octanol–water partition coefficient (Wildman–Crippen LogP) is 11.4. The molecular formula is C38H39Br2N. The second-order valence-corrected chi connectivity index (χ2v) is 13.4. The predicted molar refractivity (Wildman–Crippen MR) is 185 cm³/mol. The third-order valence-corrected chi connectivity index (χ3v) is 10.0. The van der Waals surface area contributed by atoms with Crippen LogP contribution in [0.5, 0.6) is 0 Å². The summed E-state index contributed by atoms with van der Waals surface area (Å²) in [6, 6.07) is 28.5. The molecule has 41 heavy (non-hydrogen) atoms. The number of rotatable bonds is 8. The summed E-state index contributed by atoms with van der Waals surface area (Å²) in [6.45, 7) is 16.9. The van der Waals surface area contributed by atoms with Crippen molar-refractivity contribution in [1.82, 2.24) is 0 Å². The van der Waals surface area contributed by atoms with E-state index in [2.05, 4.69) is 175 Å². The smallest absolute Gasteiger partial charge is 0.0596 e. The lowest BCUT2D eigenvalue weighted by molar-refractivity contribution is 0.490. The van der Waals surface area contributed by atoms with Gasteiger partial charge >= 0.3 is 0 Å². The molecule has 1 heterocycles. The van der Waals surface area contributed by atoms with Crippen molar-refractivity contribution in [3.63, 3.8) is 0 Å². The number of likely N-dealkylation sites (N-methyl/N-ethyl adjacent to an activating group) is 1. The summed E-state index contributed by atoms with van der Waals surface area (Å²) in [7, 11) is 0. The Bertz CT molecular complexity index is 1660. The highest BCUT2D eigenvalue weighted by molar-refractivity contribution is 9.11. The molecule has 4 aromatic carbocycles. The number of hydrogen-bond acceptors (Lipinski definition) is 1. The van der Waals surface area contributed by atoms with E-state index >= 15 is 0 Å². The monoisotopic (exact) mass is 667 g/mol. The first kappa shape index (κ1) is 29.6. The van der Waals surface area contributed by atoms with Crippen molar-refractivity contribution < 1.29 is 0 Å². The van der Waals surface area contributed by atoms with Gasteiger partial charge in [0.05, 0.1) is 5.69 Å². The van der Waals surface area contributed by atoms with Crippen LogP contribution in [0.15, 0.2) is 124 Å². The van der Waals surface area contributed by atoms with E-state index in [0.717, 1.165) is 33.9 Å². The van der Waals surface area contributed by atoms with Crippen LogP contribution in [0.4, 0.5) is 5.69 Å². The van der Waals surface area contributed by atoms with Crippen LogP contribution in [-0.2, 0) is 17.3 Å². The molecule has 0 N–H and O–H groups in total. The van der Waals surface area contributed by atoms with Crippen molar-refractivity contribution >= 4 is 48.3 Å². The molecule has 1 unspecified atom stereocenters. The molecule has 1 aliphatic heterocycles. The SMILES string of the molecule is C=C(/C=C/C=C1/N(CC)c2c(Br)cc(Br)cc2C1(CC)Cc1ccccc1)C(C)(C)c1c(C)ccc2ccccc12. The van der Waals surface area contributed by atoms with E-state index < -0.39 is 0 Å². The maximum absolute atomic E-state index is 4.60. The third kappa shape index (κ3) is 5.28. The highest BCUT2D eigenvalue weighted by Gasteiger charge is 2.46. The van der Waals surface area contributed by atoms with Gasteiger partial charge in [0, 0.05) is 32.0 Å². The molecule has 0 saturated carbocycles. The Morgan fingerprint density at radius 2 is 1.66 bits per heavy atom. The van der Waals surface area contributed by atoms with Gasteiger partial charge in [-0.05, 0) is 99.4 Å². The zero-order valence-electron chi connectivity index (χ0n) is 24.8. The highest BCUT2D eigenvalue weighted by atomic mass is 79.9. The molecule has 0 aromatic heterocycles. The zero-order valence-corrected chi connectivity index (χ0v) is 27.9. The Morgan fingerprint density at radius 1 is 0.951 bits per heavy atom. The number of benzene rings is 4. The van der Waals surface area contributed by atoms with Crippen molar-refractivity contribution in [3.8, 4) is 0 Å². The number of nitrogens with zero attached hydrogens (tertiary/aromatic N) is 1. The summed E-state index contributed by atoms with van der Waals surface area (Å²) in [5.41, 5.74) is 8.71. The van der Waals surface area contributed by atoms with Gasteiger partial charge in [-0.3, -0.25) is 0 Å². The van der Waals surface area contributed by atoms with E-state index in [1.165, 1.54) is 44.4 Å². The van der Waals surface area contributed by atoms with Gasteiger partial charge < -0.3 is 4.90 Å². The Balaban J connectivity index is 1.59. The van der Waals surface area contributed by atoms with E-state index in [1.807, 2.05) is 0 Å². The normalized spacial score (nSPS) is 18.0. The summed E-state index contributed by atoms with van der Waals surface area (Å²) >= 11 is 7.70. The van der Waals surface area contributed by atoms with Gasteiger partial charge in [-0.15, -0.1) is 0 Å². The quantitative estimate of drug-likeness (QED) is 0.169. The fourth-order valence-corrected chi connectivity index (χ4v) is 8.20. The number of aryl methyl sites for hydroxylation is 1. The number of hydrogen-bond donors (Lipinski definition) is 0. The van der Waals surface area contributed by atoms with Crippen LogP contribution in [-0.4, -0.2) is 6.54 Å². The van der Waals surface area contributed by atoms with Crippen LogP contribution in [0.25, 0.3) is 10.8 Å². The van der Waals surface area contributed by atoms with Crippen LogP contribution in [0.3, 0.4) is 0 Å². The fourth-order valence-electron chi connectivity index (χ4n) is 6.76. The summed E-state index contributed by atoms with van der Waals surface area (Å²) in [5.74, 6) is 0. The van der Waals surface area contributed by atoms with E-state index in [0.29, 0.717) is 0 Å². The third-order valence-electron chi connectivity index (χ3n) is 8.98. The number of halogens is 2. The minimum absolute atomic E-state index is 0.146. The molecule has 0 amide bonds. The molecule has 0 bridgehead atoms. The average molecular weight is 670 g/mol. The molecular weight excluding hydrogens is 630 g/mol. The Labute approximate surface area is 262 Å². The molecule has 1 nitrogen and oxygen atoms in total. The molecule has 1 aliphatic rings. The molecule has 5 rings (SSSR count). The summed E-state index contributed by atoms with van der Waals surface area (Å²) in [6.07, 6.45) is 8.73. The van der Waals surface area contributed by atoms with Crippen molar-refractivity contribution in [3.05, 3.63) is 146 Å². The molecule has 3 heteroatoms. The van der Waals surface area contributed by atoms with E-state index in [4.69, 9.17) is 0 Å². The van der Waals surface area contributed by atoms with Crippen LogP contribution < -0.4 is 4.90 Å². The largest absolute Gasteiger partial charge is 0.343 e. The Morgan fingerprint density at radius 3 is 2.37 bits per heavy atom. The van der Waals surface area contributed by atoms with Crippen LogP contribution in [0, 0.1) is 6.92 Å². The highest BCUT2D eigenvalue weighted by Crippen LogP contribution is 2.55. The lowest BCUT2D eigenvalue weighted by Gasteiger charge is -2.33. The van der Waals surface area contributed by atoms with E-state index in [-0.39, 0.29) is 10.8 Å². The van der Waals surface area contributed by atoms with Crippen LogP contribution in [0.1, 0.15) is 56.4 Å². The number of fused-ring (bicyclic) bond motifs is 2. The topological polar surface area (TPSA) is 3.24 Å². The average Bonchev–Trinajstić information content (AvgIpc) is 3.22. The Kier molecular flexibility index (Phi) is 8.51. The van der Waals surface area contributed by atoms with Crippen LogP contribution in [0.2, 0.25) is 0 Å². The summed E-state index contributed by atoms with van der Waals surface area (Å²) in [5, 5.41) is 2.57. The standard InChI is InChI=1S/C38H39Br2N/c1-7-38(25-28-16-10-9-11-17-28)32-23-30(39)24-33(40)36(32)41(8-2)34(38)20-14-15-27(4)37(5,6)35-26(3)21-22-29-18-12-13-19-31(29)35/h9-24H,4,7-8,25H2,1-3,5-6H3/b15-14+,34-20+. The van der Waals surface area contributed by atoms with Crippen LogP contribution >= 0.6 is 31.9 Å². The van der Waals surface area contributed by atoms with E-state index in [9.17, 15) is 0 Å². The second kappa shape index (κ2) is 11.8. The first-order chi connectivity index (χ1) is 19.6. The van der Waals surface area contributed by atoms with Gasteiger partial charge in [0.15, 0.2) is 0 Å². The fraction of sp³-hybridized carbons (Fsp3) is 0.263. The van der Waals surface area contributed by atoms with Gasteiger partial charge in [0.25, 0.3) is 0 Å². The maximum atomic E-state index is 4.60.